The van der Waals surface area contributed by atoms with Crippen molar-refractivity contribution in [2.75, 3.05) is 12.4 Å². The van der Waals surface area contributed by atoms with Gasteiger partial charge in [0.2, 0.25) is 0 Å². The number of thioether (sulfide) groups is 1. The van der Waals surface area contributed by atoms with Crippen molar-refractivity contribution in [3.05, 3.63) is 106 Å². The number of methoxy groups -OCH3 is 1. The molecule has 162 valence electrons. The molecule has 0 spiro atoms. The molecule has 0 aliphatic heterocycles. The number of nitrogens with zero attached hydrogens (tertiary/aromatic N) is 1. The van der Waals surface area contributed by atoms with Crippen molar-refractivity contribution in [3.63, 3.8) is 0 Å². The van der Waals surface area contributed by atoms with E-state index in [4.69, 9.17) is 4.74 Å². The van der Waals surface area contributed by atoms with Crippen LogP contribution in [0.25, 0.3) is 0 Å². The minimum Gasteiger partial charge on any atom is -0.497 e. The first kappa shape index (κ1) is 22.9. The molecule has 1 amide bonds. The summed E-state index contributed by atoms with van der Waals surface area (Å²) in [6.07, 6.45) is 0. The van der Waals surface area contributed by atoms with E-state index in [-0.39, 0.29) is 11.4 Å². The Morgan fingerprint density at radius 3 is 2.50 bits per heavy atom. The number of nitriles is 1. The molecule has 3 aromatic carbocycles. The van der Waals surface area contributed by atoms with E-state index in [2.05, 4.69) is 10.6 Å². The minimum atomic E-state index is -0.492. The van der Waals surface area contributed by atoms with E-state index >= 15 is 0 Å². The SMILES string of the molecule is COc1cccc(N/C(SCc2cccc(F)c2)=C(/C#N)C(=O)NCc2ccccc2)c1. The van der Waals surface area contributed by atoms with Gasteiger partial charge in [0.25, 0.3) is 5.91 Å². The van der Waals surface area contributed by atoms with E-state index < -0.39 is 5.91 Å². The molecule has 0 unspecified atom stereocenters. The second-order valence-electron chi connectivity index (χ2n) is 6.76. The van der Waals surface area contributed by atoms with E-state index in [1.807, 2.05) is 42.5 Å². The van der Waals surface area contributed by atoms with Crippen LogP contribution in [0.5, 0.6) is 5.75 Å². The highest BCUT2D eigenvalue weighted by Gasteiger charge is 2.17. The monoisotopic (exact) mass is 447 g/mol. The highest BCUT2D eigenvalue weighted by Crippen LogP contribution is 2.28. The lowest BCUT2D eigenvalue weighted by atomic mass is 10.2. The van der Waals surface area contributed by atoms with Gasteiger partial charge in [-0.25, -0.2) is 4.39 Å². The Kier molecular flexibility index (Phi) is 8.29. The Morgan fingerprint density at radius 2 is 1.78 bits per heavy atom. The molecule has 0 saturated carbocycles. The minimum absolute atomic E-state index is 0.0508. The fourth-order valence-corrected chi connectivity index (χ4v) is 3.82. The predicted octanol–water partition coefficient (Wildman–Crippen LogP) is 5.23. The lowest BCUT2D eigenvalue weighted by Gasteiger charge is -2.14. The summed E-state index contributed by atoms with van der Waals surface area (Å²) in [5, 5.41) is 16.1. The highest BCUT2D eigenvalue weighted by atomic mass is 32.2. The van der Waals surface area contributed by atoms with Crippen molar-refractivity contribution in [2.45, 2.75) is 12.3 Å². The maximum absolute atomic E-state index is 13.6. The van der Waals surface area contributed by atoms with Crippen LogP contribution >= 0.6 is 11.8 Å². The maximum atomic E-state index is 13.6. The zero-order valence-corrected chi connectivity index (χ0v) is 18.3. The second-order valence-corrected chi connectivity index (χ2v) is 7.75. The average Bonchev–Trinajstić information content (AvgIpc) is 2.82. The molecule has 3 aromatic rings. The number of carbonyl (C=O) groups is 1. The third-order valence-corrected chi connectivity index (χ3v) is 5.53. The van der Waals surface area contributed by atoms with E-state index in [0.29, 0.717) is 28.8 Å². The van der Waals surface area contributed by atoms with Gasteiger partial charge in [-0.15, -0.1) is 11.8 Å². The van der Waals surface area contributed by atoms with E-state index in [1.54, 1.807) is 37.4 Å². The van der Waals surface area contributed by atoms with Crippen LogP contribution in [-0.2, 0) is 17.1 Å². The largest absolute Gasteiger partial charge is 0.497 e. The Morgan fingerprint density at radius 1 is 1.03 bits per heavy atom. The number of halogens is 1. The number of hydrogen-bond donors (Lipinski definition) is 2. The summed E-state index contributed by atoms with van der Waals surface area (Å²) >= 11 is 1.25. The number of rotatable bonds is 9. The summed E-state index contributed by atoms with van der Waals surface area (Å²) in [6, 6.07) is 24.8. The molecule has 0 aliphatic carbocycles. The smallest absolute Gasteiger partial charge is 0.264 e. The lowest BCUT2D eigenvalue weighted by molar-refractivity contribution is -0.117. The van der Waals surface area contributed by atoms with E-state index in [1.165, 1.54) is 23.9 Å². The van der Waals surface area contributed by atoms with Crippen LogP contribution in [0.3, 0.4) is 0 Å². The van der Waals surface area contributed by atoms with Crippen LogP contribution in [-0.4, -0.2) is 13.0 Å². The number of nitrogens with one attached hydrogen (secondary N) is 2. The molecule has 0 saturated heterocycles. The fourth-order valence-electron chi connectivity index (χ4n) is 2.86. The molecule has 7 heteroatoms. The Labute approximate surface area is 190 Å². The van der Waals surface area contributed by atoms with E-state index in [9.17, 15) is 14.4 Å². The summed E-state index contributed by atoms with van der Waals surface area (Å²) in [4.78, 5) is 12.8. The van der Waals surface area contributed by atoms with Crippen molar-refractivity contribution in [2.24, 2.45) is 0 Å². The molecular formula is C25H22FN3O2S. The van der Waals surface area contributed by atoms with Crippen LogP contribution in [0, 0.1) is 17.1 Å². The molecule has 2 N–H and O–H groups in total. The predicted molar refractivity (Wildman–Crippen MR) is 125 cm³/mol. The van der Waals surface area contributed by atoms with Crippen molar-refractivity contribution >= 4 is 23.4 Å². The molecule has 0 fully saturated rings. The molecule has 0 aromatic heterocycles. The normalized spacial score (nSPS) is 11.2. The first-order valence-corrected chi connectivity index (χ1v) is 10.8. The quantitative estimate of drug-likeness (QED) is 0.347. The van der Waals surface area contributed by atoms with Crippen LogP contribution in [0.15, 0.2) is 89.5 Å². The van der Waals surface area contributed by atoms with Gasteiger partial charge in [0, 0.05) is 24.1 Å². The zero-order chi connectivity index (χ0) is 22.8. The van der Waals surface area contributed by atoms with Gasteiger partial charge < -0.3 is 15.4 Å². The third-order valence-electron chi connectivity index (χ3n) is 4.46. The van der Waals surface area contributed by atoms with Crippen molar-refractivity contribution in [1.29, 1.82) is 5.26 Å². The van der Waals surface area contributed by atoms with Gasteiger partial charge in [-0.1, -0.05) is 48.5 Å². The summed E-state index contributed by atoms with van der Waals surface area (Å²) < 4.78 is 18.8. The molecule has 3 rings (SSSR count). The van der Waals surface area contributed by atoms with Crippen molar-refractivity contribution < 1.29 is 13.9 Å². The Hall–Kier alpha value is -3.76. The average molecular weight is 448 g/mol. The molecule has 5 nitrogen and oxygen atoms in total. The topological polar surface area (TPSA) is 74.1 Å². The molecule has 0 atom stereocenters. The van der Waals surface area contributed by atoms with Gasteiger partial charge >= 0.3 is 0 Å². The van der Waals surface area contributed by atoms with Crippen LogP contribution in [0.1, 0.15) is 11.1 Å². The number of benzene rings is 3. The van der Waals surface area contributed by atoms with Gasteiger partial charge in [-0.05, 0) is 35.4 Å². The first-order valence-electron chi connectivity index (χ1n) is 9.84. The summed E-state index contributed by atoms with van der Waals surface area (Å²) in [5.41, 5.74) is 2.27. The van der Waals surface area contributed by atoms with Gasteiger partial charge in [0.15, 0.2) is 0 Å². The Balaban J connectivity index is 1.85. The molecule has 0 bridgehead atoms. The van der Waals surface area contributed by atoms with Gasteiger partial charge in [-0.3, -0.25) is 4.79 Å². The lowest BCUT2D eigenvalue weighted by Crippen LogP contribution is -2.25. The molecule has 32 heavy (non-hydrogen) atoms. The number of hydrogen-bond acceptors (Lipinski definition) is 5. The van der Waals surface area contributed by atoms with E-state index in [0.717, 1.165) is 11.1 Å². The maximum Gasteiger partial charge on any atom is 0.264 e. The number of ether oxygens (including phenoxy) is 1. The summed E-state index contributed by atoms with van der Waals surface area (Å²) in [7, 11) is 1.56. The Bertz CT molecular complexity index is 1140. The van der Waals surface area contributed by atoms with Crippen LogP contribution in [0.2, 0.25) is 0 Å². The molecule has 0 aliphatic rings. The third kappa shape index (κ3) is 6.62. The van der Waals surface area contributed by atoms with Crippen LogP contribution in [0.4, 0.5) is 10.1 Å². The number of anilines is 1. The van der Waals surface area contributed by atoms with Crippen molar-refractivity contribution in [1.82, 2.24) is 5.32 Å². The van der Waals surface area contributed by atoms with Gasteiger partial charge in [-0.2, -0.15) is 5.26 Å². The highest BCUT2D eigenvalue weighted by molar-refractivity contribution is 8.02. The summed E-state index contributed by atoms with van der Waals surface area (Å²) in [6.45, 7) is 0.297. The molecule has 0 radical (unpaired) electrons. The molecular weight excluding hydrogens is 425 g/mol. The van der Waals surface area contributed by atoms with Crippen molar-refractivity contribution in [3.8, 4) is 11.8 Å². The first-order chi connectivity index (χ1) is 15.6. The second kappa shape index (κ2) is 11.6. The van der Waals surface area contributed by atoms with Gasteiger partial charge in [0.1, 0.15) is 23.2 Å². The number of amides is 1. The zero-order valence-electron chi connectivity index (χ0n) is 17.5. The van der Waals surface area contributed by atoms with Gasteiger partial charge in [0.05, 0.1) is 12.1 Å². The summed E-state index contributed by atoms with van der Waals surface area (Å²) in [5.74, 6) is 0.182. The van der Waals surface area contributed by atoms with Crippen LogP contribution < -0.4 is 15.4 Å². The standard InChI is InChI=1S/C25H22FN3O2S/c1-31-22-12-6-11-21(14-22)29-25(32-17-19-9-5-10-20(26)13-19)23(15-27)24(30)28-16-18-7-3-2-4-8-18/h2-14,29H,16-17H2,1H3,(H,28,30)/b25-23+. The number of carbonyl (C=O) groups excluding carboxylic acids is 1. The molecule has 0 heterocycles. The fraction of sp³-hybridized carbons (Fsp3) is 0.120.